The second-order valence-electron chi connectivity index (χ2n) is 11.4. The number of hydrogen-bond donors (Lipinski definition) is 3. The van der Waals surface area contributed by atoms with Crippen molar-refractivity contribution in [1.82, 2.24) is 0 Å². The van der Waals surface area contributed by atoms with E-state index >= 15 is 0 Å². The molecule has 0 spiro atoms. The number of aromatic hydroxyl groups is 1. The van der Waals surface area contributed by atoms with Crippen LogP contribution in [-0.2, 0) is 6.42 Å². The van der Waals surface area contributed by atoms with Crippen molar-refractivity contribution in [2.45, 2.75) is 95.7 Å². The number of rotatable bonds is 9. The van der Waals surface area contributed by atoms with E-state index in [9.17, 15) is 28.5 Å². The van der Waals surface area contributed by atoms with Crippen molar-refractivity contribution in [2.75, 3.05) is 0 Å². The van der Waals surface area contributed by atoms with Crippen LogP contribution in [0.1, 0.15) is 88.2 Å². The number of phenols is 1. The summed E-state index contributed by atoms with van der Waals surface area (Å²) in [6.45, 7) is 6.58. The lowest BCUT2D eigenvalue weighted by atomic mass is 9.44. The van der Waals surface area contributed by atoms with E-state index in [-0.39, 0.29) is 23.4 Å². The van der Waals surface area contributed by atoms with Gasteiger partial charge in [0.05, 0.1) is 6.10 Å². The number of allylic oxidation sites excluding steroid dienone is 1. The van der Waals surface area contributed by atoms with Crippen molar-refractivity contribution < 1.29 is 28.5 Å². The predicted octanol–water partition coefficient (Wildman–Crippen LogP) is 7.17. The number of phenolic OH excluding ortho intramolecular Hbond substituents is 1. The second-order valence-corrected chi connectivity index (χ2v) is 11.4. The van der Waals surface area contributed by atoms with Crippen LogP contribution in [0.25, 0.3) is 0 Å². The molecule has 0 aliphatic heterocycles. The van der Waals surface area contributed by atoms with E-state index in [1.165, 1.54) is 11.1 Å². The first kappa shape index (κ1) is 26.3. The van der Waals surface area contributed by atoms with Crippen LogP contribution in [0.3, 0.4) is 0 Å². The molecule has 6 heteroatoms. The molecule has 7 atom stereocenters. The summed E-state index contributed by atoms with van der Waals surface area (Å²) in [5.74, 6) is -0.387. The van der Waals surface area contributed by atoms with Gasteiger partial charge in [0.2, 0.25) is 0 Å². The van der Waals surface area contributed by atoms with E-state index < -0.39 is 18.0 Å². The minimum atomic E-state index is -2.44. The summed E-state index contributed by atoms with van der Waals surface area (Å²) in [5, 5.41) is 30.6. The van der Waals surface area contributed by atoms with Gasteiger partial charge in [-0.2, -0.15) is 8.78 Å². The summed E-state index contributed by atoms with van der Waals surface area (Å²) in [6.07, 6.45) is 6.40. The van der Waals surface area contributed by atoms with Gasteiger partial charge < -0.3 is 15.3 Å². The lowest BCUT2D eigenvalue weighted by molar-refractivity contribution is -0.0812. The number of benzene rings is 1. The molecule has 3 N–H and O–H groups in total. The number of fused-ring (bicyclic) bond motifs is 5. The SMILES string of the molecule is C=C[C@@]12CCc3cc(O)ccc3[C@H]1[C@@H](CCCCCCC(O)C(F)=C(F)F)C[C@@]1(C)[C@H]2CC[C@@H]1O. The minimum Gasteiger partial charge on any atom is -0.508 e. The van der Waals surface area contributed by atoms with Gasteiger partial charge in [0, 0.05) is 0 Å². The Kier molecular flexibility index (Phi) is 7.73. The summed E-state index contributed by atoms with van der Waals surface area (Å²) in [5.41, 5.74) is 2.29. The Bertz CT molecular complexity index is 958. The number of aliphatic hydroxyl groups is 2. The Hall–Kier alpha value is -1.79. The van der Waals surface area contributed by atoms with Crippen molar-refractivity contribution in [1.29, 1.82) is 0 Å². The molecule has 194 valence electrons. The molecule has 1 aromatic carbocycles. The molecule has 0 aromatic heterocycles. The van der Waals surface area contributed by atoms with Gasteiger partial charge in [-0.25, -0.2) is 4.39 Å². The highest BCUT2D eigenvalue weighted by Crippen LogP contribution is 2.69. The topological polar surface area (TPSA) is 60.7 Å². The van der Waals surface area contributed by atoms with Crippen molar-refractivity contribution >= 4 is 0 Å². The van der Waals surface area contributed by atoms with Crippen LogP contribution in [-0.4, -0.2) is 27.5 Å². The third-order valence-corrected chi connectivity index (χ3v) is 9.63. The van der Waals surface area contributed by atoms with Gasteiger partial charge in [0.25, 0.3) is 0 Å². The molecule has 0 bridgehead atoms. The zero-order chi connectivity index (χ0) is 25.4. The number of halogens is 3. The van der Waals surface area contributed by atoms with Gasteiger partial charge in [-0.05, 0) is 96.8 Å². The Morgan fingerprint density at radius 3 is 2.63 bits per heavy atom. The molecule has 3 aliphatic carbocycles. The van der Waals surface area contributed by atoms with Gasteiger partial charge in [0.15, 0.2) is 5.83 Å². The quantitative estimate of drug-likeness (QED) is 0.253. The molecule has 2 fully saturated rings. The second kappa shape index (κ2) is 10.3. The maximum atomic E-state index is 13.1. The minimum absolute atomic E-state index is 0.00237. The summed E-state index contributed by atoms with van der Waals surface area (Å²) in [7, 11) is 0. The van der Waals surface area contributed by atoms with Crippen molar-refractivity contribution in [3.05, 3.63) is 53.9 Å². The highest BCUT2D eigenvalue weighted by molar-refractivity contribution is 5.43. The van der Waals surface area contributed by atoms with Crippen LogP contribution in [0, 0.1) is 22.7 Å². The molecule has 3 nitrogen and oxygen atoms in total. The Labute approximate surface area is 206 Å². The fraction of sp³-hybridized carbons (Fsp3) is 0.655. The summed E-state index contributed by atoms with van der Waals surface area (Å²) in [6, 6.07) is 5.77. The van der Waals surface area contributed by atoms with Crippen molar-refractivity contribution in [3.63, 3.8) is 0 Å². The average molecular weight is 493 g/mol. The molecular weight excluding hydrogens is 453 g/mol. The van der Waals surface area contributed by atoms with E-state index in [1.807, 2.05) is 6.07 Å². The van der Waals surface area contributed by atoms with E-state index in [4.69, 9.17) is 0 Å². The number of hydrogen-bond acceptors (Lipinski definition) is 3. The molecule has 1 unspecified atom stereocenters. The number of aryl methyl sites for hydroxylation is 1. The molecular formula is C29H39F3O3. The molecule has 0 heterocycles. The summed E-state index contributed by atoms with van der Waals surface area (Å²) in [4.78, 5) is 0. The smallest absolute Gasteiger partial charge is 0.304 e. The Morgan fingerprint density at radius 1 is 1.17 bits per heavy atom. The molecule has 2 saturated carbocycles. The van der Waals surface area contributed by atoms with Crippen LogP contribution >= 0.6 is 0 Å². The highest BCUT2D eigenvalue weighted by atomic mass is 19.3. The molecule has 0 radical (unpaired) electrons. The first-order valence-electron chi connectivity index (χ1n) is 13.2. The van der Waals surface area contributed by atoms with Crippen LogP contribution in [0.2, 0.25) is 0 Å². The third-order valence-electron chi connectivity index (χ3n) is 9.63. The standard InChI is InChI=1S/C29H39F3O3/c1-3-29-15-14-18-16-20(33)10-11-21(18)25(29)19(17-28(2)23(29)12-13-24(28)35)8-6-4-5-7-9-22(34)26(30)27(31)32/h3,10-11,16,19,22-25,33-35H,1,4-9,12-15,17H2,2H3/t19-,22?,23+,24-,25+,28-,29-/m0/s1. The maximum absolute atomic E-state index is 13.1. The van der Waals surface area contributed by atoms with E-state index in [0.717, 1.165) is 57.8 Å². The fourth-order valence-corrected chi connectivity index (χ4v) is 8.04. The van der Waals surface area contributed by atoms with Gasteiger partial charge in [0.1, 0.15) is 11.9 Å². The average Bonchev–Trinajstić information content (AvgIpc) is 3.14. The van der Waals surface area contributed by atoms with Crippen LogP contribution in [0.4, 0.5) is 13.2 Å². The van der Waals surface area contributed by atoms with E-state index in [2.05, 4.69) is 25.6 Å². The molecule has 4 rings (SSSR count). The first-order valence-corrected chi connectivity index (χ1v) is 13.2. The zero-order valence-electron chi connectivity index (χ0n) is 20.7. The van der Waals surface area contributed by atoms with Gasteiger partial charge >= 0.3 is 6.08 Å². The van der Waals surface area contributed by atoms with Crippen molar-refractivity contribution in [2.24, 2.45) is 22.7 Å². The molecule has 35 heavy (non-hydrogen) atoms. The molecule has 0 amide bonds. The number of aliphatic hydroxyl groups excluding tert-OH is 2. The lowest BCUT2D eigenvalue weighted by Crippen LogP contribution is -2.54. The van der Waals surface area contributed by atoms with Gasteiger partial charge in [-0.3, -0.25) is 0 Å². The highest BCUT2D eigenvalue weighted by Gasteiger charge is 2.63. The fourth-order valence-electron chi connectivity index (χ4n) is 8.04. The third kappa shape index (κ3) is 4.69. The lowest BCUT2D eigenvalue weighted by Gasteiger charge is -2.60. The molecule has 1 aromatic rings. The maximum Gasteiger partial charge on any atom is 0.304 e. The normalized spacial score (nSPS) is 34.5. The van der Waals surface area contributed by atoms with Gasteiger partial charge in [-0.15, -0.1) is 6.58 Å². The Morgan fingerprint density at radius 2 is 1.91 bits per heavy atom. The number of unbranched alkanes of at least 4 members (excludes halogenated alkanes) is 3. The molecule has 0 saturated heterocycles. The first-order chi connectivity index (χ1) is 16.6. The van der Waals surface area contributed by atoms with E-state index in [1.54, 1.807) is 6.07 Å². The zero-order valence-corrected chi connectivity index (χ0v) is 20.7. The largest absolute Gasteiger partial charge is 0.508 e. The van der Waals surface area contributed by atoms with Crippen LogP contribution < -0.4 is 0 Å². The van der Waals surface area contributed by atoms with Gasteiger partial charge in [-0.1, -0.05) is 44.7 Å². The van der Waals surface area contributed by atoms with Crippen molar-refractivity contribution in [3.8, 4) is 5.75 Å². The summed E-state index contributed by atoms with van der Waals surface area (Å²) >= 11 is 0. The molecule has 3 aliphatic rings. The van der Waals surface area contributed by atoms with E-state index in [0.29, 0.717) is 29.9 Å². The Balaban J connectivity index is 1.49. The monoisotopic (exact) mass is 492 g/mol. The predicted molar refractivity (Wildman–Crippen MR) is 131 cm³/mol. The van der Waals surface area contributed by atoms with Crippen LogP contribution in [0.15, 0.2) is 42.8 Å². The summed E-state index contributed by atoms with van der Waals surface area (Å²) < 4.78 is 37.7. The van der Waals surface area contributed by atoms with Crippen LogP contribution in [0.5, 0.6) is 5.75 Å².